The van der Waals surface area contributed by atoms with E-state index >= 15 is 0 Å². The van der Waals surface area contributed by atoms with Gasteiger partial charge in [-0.15, -0.1) is 0 Å². The van der Waals surface area contributed by atoms with E-state index in [4.69, 9.17) is 4.74 Å². The minimum absolute atomic E-state index is 0.627. The Morgan fingerprint density at radius 1 is 1.11 bits per heavy atom. The normalized spacial score (nSPS) is 12.6. The van der Waals surface area contributed by atoms with Crippen molar-refractivity contribution >= 4 is 22.0 Å². The molecule has 0 spiro atoms. The second-order valence-electron chi connectivity index (χ2n) is 4.10. The van der Waals surface area contributed by atoms with Gasteiger partial charge in [-0.25, -0.2) is 0 Å². The molecular formula is C16H15BrO2. The Kier molecular flexibility index (Phi) is 4.77. The van der Waals surface area contributed by atoms with Crippen molar-refractivity contribution in [3.8, 4) is 5.75 Å². The van der Waals surface area contributed by atoms with Crippen molar-refractivity contribution < 1.29 is 9.84 Å². The number of ether oxygens (including phenoxy) is 1. The first-order chi connectivity index (χ1) is 9.20. The summed E-state index contributed by atoms with van der Waals surface area (Å²) in [6, 6.07) is 15.3. The lowest BCUT2D eigenvalue weighted by atomic mass is 10.1. The summed E-state index contributed by atoms with van der Waals surface area (Å²) in [5.74, 6) is 0.823. The number of aliphatic hydroxyl groups excluding tert-OH is 1. The van der Waals surface area contributed by atoms with Crippen molar-refractivity contribution in [1.29, 1.82) is 0 Å². The highest BCUT2D eigenvalue weighted by atomic mass is 79.9. The molecule has 19 heavy (non-hydrogen) atoms. The molecule has 0 saturated carbocycles. The predicted molar refractivity (Wildman–Crippen MR) is 81.1 cm³/mol. The Morgan fingerprint density at radius 2 is 1.79 bits per heavy atom. The van der Waals surface area contributed by atoms with Crippen LogP contribution in [-0.4, -0.2) is 12.2 Å². The summed E-state index contributed by atoms with van der Waals surface area (Å²) in [6.07, 6.45) is 3.03. The van der Waals surface area contributed by atoms with Gasteiger partial charge in [0.2, 0.25) is 0 Å². The molecule has 1 atom stereocenters. The van der Waals surface area contributed by atoms with Gasteiger partial charge >= 0.3 is 0 Å². The van der Waals surface area contributed by atoms with Gasteiger partial charge in [-0.2, -0.15) is 0 Å². The van der Waals surface area contributed by atoms with E-state index in [1.165, 1.54) is 0 Å². The standard InChI is InChI=1S/C16H15BrO2/c1-19-13-9-6-12(7-10-13)8-11-16(18)14-4-2-3-5-15(14)17/h2-11,16,18H,1H3/b11-8+. The first-order valence-corrected chi connectivity index (χ1v) is 6.75. The molecule has 0 aliphatic heterocycles. The Bertz CT molecular complexity index is 561. The molecule has 2 rings (SSSR count). The third-order valence-corrected chi connectivity index (χ3v) is 3.53. The maximum atomic E-state index is 10.1. The summed E-state index contributed by atoms with van der Waals surface area (Å²) < 4.78 is 6.00. The average Bonchev–Trinajstić information content (AvgIpc) is 2.46. The lowest BCUT2D eigenvalue weighted by Gasteiger charge is -2.08. The number of aliphatic hydroxyl groups is 1. The molecule has 98 valence electrons. The topological polar surface area (TPSA) is 29.5 Å². The van der Waals surface area contributed by atoms with Crippen LogP contribution in [0.1, 0.15) is 17.2 Å². The Labute approximate surface area is 121 Å². The second-order valence-corrected chi connectivity index (χ2v) is 4.95. The van der Waals surface area contributed by atoms with Gasteiger partial charge in [-0.3, -0.25) is 0 Å². The predicted octanol–water partition coefficient (Wildman–Crippen LogP) is 4.20. The van der Waals surface area contributed by atoms with Crippen LogP contribution in [0, 0.1) is 0 Å². The minimum Gasteiger partial charge on any atom is -0.497 e. The number of methoxy groups -OCH3 is 1. The molecule has 0 bridgehead atoms. The summed E-state index contributed by atoms with van der Waals surface area (Å²) in [7, 11) is 1.64. The summed E-state index contributed by atoms with van der Waals surface area (Å²) in [5, 5.41) is 10.1. The van der Waals surface area contributed by atoms with E-state index in [0.717, 1.165) is 21.3 Å². The van der Waals surface area contributed by atoms with E-state index in [2.05, 4.69) is 15.9 Å². The molecule has 0 saturated heterocycles. The van der Waals surface area contributed by atoms with E-state index in [0.29, 0.717) is 0 Å². The van der Waals surface area contributed by atoms with E-state index in [1.54, 1.807) is 13.2 Å². The first-order valence-electron chi connectivity index (χ1n) is 5.95. The van der Waals surface area contributed by atoms with Gasteiger partial charge in [0.25, 0.3) is 0 Å². The zero-order chi connectivity index (χ0) is 13.7. The number of benzene rings is 2. The molecule has 0 heterocycles. The number of hydrogen-bond acceptors (Lipinski definition) is 2. The van der Waals surface area contributed by atoms with Gasteiger partial charge in [-0.05, 0) is 29.3 Å². The van der Waals surface area contributed by atoms with Crippen molar-refractivity contribution in [3.63, 3.8) is 0 Å². The molecule has 0 fully saturated rings. The van der Waals surface area contributed by atoms with Gasteiger partial charge in [0, 0.05) is 4.47 Å². The second kappa shape index (κ2) is 6.55. The molecule has 0 radical (unpaired) electrons. The molecular weight excluding hydrogens is 304 g/mol. The molecule has 0 aromatic heterocycles. The molecule has 0 aliphatic rings. The van der Waals surface area contributed by atoms with Crippen molar-refractivity contribution in [2.75, 3.05) is 7.11 Å². The Balaban J connectivity index is 2.11. The van der Waals surface area contributed by atoms with Crippen LogP contribution in [0.15, 0.2) is 59.1 Å². The highest BCUT2D eigenvalue weighted by molar-refractivity contribution is 9.10. The molecule has 2 aromatic carbocycles. The van der Waals surface area contributed by atoms with Crippen LogP contribution in [0.5, 0.6) is 5.75 Å². The number of hydrogen-bond donors (Lipinski definition) is 1. The minimum atomic E-state index is -0.627. The van der Waals surface area contributed by atoms with Crippen LogP contribution >= 0.6 is 15.9 Å². The van der Waals surface area contributed by atoms with E-state index < -0.39 is 6.10 Å². The zero-order valence-electron chi connectivity index (χ0n) is 10.6. The van der Waals surface area contributed by atoms with Crippen molar-refractivity contribution in [3.05, 3.63) is 70.2 Å². The molecule has 1 unspecified atom stereocenters. The zero-order valence-corrected chi connectivity index (χ0v) is 12.2. The summed E-state index contributed by atoms with van der Waals surface area (Å²) in [6.45, 7) is 0. The van der Waals surface area contributed by atoms with Crippen LogP contribution in [0.3, 0.4) is 0 Å². The van der Waals surface area contributed by atoms with Crippen LogP contribution in [-0.2, 0) is 0 Å². The lowest BCUT2D eigenvalue weighted by molar-refractivity contribution is 0.229. The largest absolute Gasteiger partial charge is 0.497 e. The SMILES string of the molecule is COc1ccc(/C=C/C(O)c2ccccc2Br)cc1. The third-order valence-electron chi connectivity index (χ3n) is 2.81. The van der Waals surface area contributed by atoms with Gasteiger partial charge in [-0.1, -0.05) is 58.4 Å². The van der Waals surface area contributed by atoms with Crippen molar-refractivity contribution in [2.24, 2.45) is 0 Å². The maximum absolute atomic E-state index is 10.1. The van der Waals surface area contributed by atoms with Crippen LogP contribution in [0.2, 0.25) is 0 Å². The van der Waals surface area contributed by atoms with Crippen LogP contribution < -0.4 is 4.74 Å². The van der Waals surface area contributed by atoms with E-state index in [9.17, 15) is 5.11 Å². The fourth-order valence-electron chi connectivity index (χ4n) is 1.74. The fourth-order valence-corrected chi connectivity index (χ4v) is 2.26. The van der Waals surface area contributed by atoms with Gasteiger partial charge in [0.05, 0.1) is 13.2 Å². The summed E-state index contributed by atoms with van der Waals surface area (Å²) in [5.41, 5.74) is 1.87. The average molecular weight is 319 g/mol. The fraction of sp³-hybridized carbons (Fsp3) is 0.125. The maximum Gasteiger partial charge on any atom is 0.118 e. The van der Waals surface area contributed by atoms with Crippen molar-refractivity contribution in [2.45, 2.75) is 6.10 Å². The third kappa shape index (κ3) is 3.69. The van der Waals surface area contributed by atoms with Crippen LogP contribution in [0.4, 0.5) is 0 Å². The van der Waals surface area contributed by atoms with Gasteiger partial charge in [0.1, 0.15) is 5.75 Å². The highest BCUT2D eigenvalue weighted by Crippen LogP contribution is 2.24. The van der Waals surface area contributed by atoms with E-state index in [1.807, 2.05) is 54.6 Å². The lowest BCUT2D eigenvalue weighted by Crippen LogP contribution is -1.93. The Morgan fingerprint density at radius 3 is 2.42 bits per heavy atom. The van der Waals surface area contributed by atoms with Gasteiger partial charge < -0.3 is 9.84 Å². The molecule has 3 heteroatoms. The smallest absolute Gasteiger partial charge is 0.118 e. The summed E-state index contributed by atoms with van der Waals surface area (Å²) >= 11 is 3.43. The Hall–Kier alpha value is -1.58. The molecule has 0 aliphatic carbocycles. The van der Waals surface area contributed by atoms with Crippen molar-refractivity contribution in [1.82, 2.24) is 0 Å². The molecule has 1 N–H and O–H groups in total. The van der Waals surface area contributed by atoms with E-state index in [-0.39, 0.29) is 0 Å². The monoisotopic (exact) mass is 318 g/mol. The molecule has 0 amide bonds. The number of halogens is 1. The van der Waals surface area contributed by atoms with Gasteiger partial charge in [0.15, 0.2) is 0 Å². The molecule has 2 nitrogen and oxygen atoms in total. The highest BCUT2D eigenvalue weighted by Gasteiger charge is 2.06. The first kappa shape index (κ1) is 13.8. The quantitative estimate of drug-likeness (QED) is 0.915. The summed E-state index contributed by atoms with van der Waals surface area (Å²) in [4.78, 5) is 0. The number of rotatable bonds is 4. The molecule has 2 aromatic rings. The van der Waals surface area contributed by atoms with Crippen LogP contribution in [0.25, 0.3) is 6.08 Å².